The highest BCUT2D eigenvalue weighted by Gasteiger charge is 2.20. The average molecular weight is 239 g/mol. The van der Waals surface area contributed by atoms with E-state index in [0.717, 1.165) is 0 Å². The molecule has 1 rings (SSSR count). The number of aliphatic hydroxyl groups excluding tert-OH is 1. The van der Waals surface area contributed by atoms with Crippen molar-refractivity contribution in [3.63, 3.8) is 0 Å². The van der Waals surface area contributed by atoms with Crippen LogP contribution in [0.3, 0.4) is 0 Å². The van der Waals surface area contributed by atoms with Gasteiger partial charge in [0.25, 0.3) is 0 Å². The van der Waals surface area contributed by atoms with E-state index in [1.807, 2.05) is 0 Å². The molecule has 0 unspecified atom stereocenters. The lowest BCUT2D eigenvalue weighted by molar-refractivity contribution is 0.186. The summed E-state index contributed by atoms with van der Waals surface area (Å²) in [5.74, 6) is 0.867. The predicted molar refractivity (Wildman–Crippen MR) is 63.9 cm³/mol. The van der Waals surface area contributed by atoms with E-state index in [9.17, 15) is 5.11 Å². The molecule has 0 saturated heterocycles. The van der Waals surface area contributed by atoms with Gasteiger partial charge in [-0.15, -0.1) is 0 Å². The van der Waals surface area contributed by atoms with Crippen molar-refractivity contribution in [2.75, 3.05) is 20.8 Å². The van der Waals surface area contributed by atoms with Crippen LogP contribution in [-0.4, -0.2) is 31.8 Å². The minimum Gasteiger partial charge on any atom is -0.497 e. The molecule has 0 radical (unpaired) electrons. The molecule has 0 saturated carbocycles. The number of ether oxygens (including phenoxy) is 3. The maximum absolute atomic E-state index is 9.97. The fourth-order valence-electron chi connectivity index (χ4n) is 1.43. The molecule has 1 aromatic carbocycles. The molecule has 94 valence electrons. The number of rotatable bonds is 5. The van der Waals surface area contributed by atoms with E-state index in [0.29, 0.717) is 23.7 Å². The molecule has 0 fully saturated rings. The van der Waals surface area contributed by atoms with Crippen LogP contribution in [0.1, 0.15) is 18.6 Å². The zero-order valence-corrected chi connectivity index (χ0v) is 10.2. The summed E-state index contributed by atoms with van der Waals surface area (Å²) in [6.45, 7) is 2.09. The smallest absolute Gasteiger partial charge is 0.215 e. The number of hydrogen-bond acceptors (Lipinski definition) is 5. The first-order valence-electron chi connectivity index (χ1n) is 5.25. The third-order valence-corrected chi connectivity index (χ3v) is 2.28. The van der Waals surface area contributed by atoms with Crippen molar-refractivity contribution in [2.45, 2.75) is 13.0 Å². The summed E-state index contributed by atoms with van der Waals surface area (Å²) in [6.07, 6.45) is -1.15. The predicted octanol–water partition coefficient (Wildman–Crippen LogP) is 1.75. The molecule has 0 amide bonds. The van der Waals surface area contributed by atoms with E-state index in [2.05, 4.69) is 0 Å². The highest BCUT2D eigenvalue weighted by molar-refractivity contribution is 5.80. The van der Waals surface area contributed by atoms with Crippen LogP contribution >= 0.6 is 0 Å². The van der Waals surface area contributed by atoms with Crippen molar-refractivity contribution >= 4 is 5.90 Å². The summed E-state index contributed by atoms with van der Waals surface area (Å²) in [7, 11) is 3.04. The second-order valence-electron chi connectivity index (χ2n) is 3.31. The van der Waals surface area contributed by atoms with Crippen LogP contribution < -0.4 is 9.47 Å². The van der Waals surface area contributed by atoms with E-state index in [-0.39, 0.29) is 5.90 Å². The molecule has 2 N–H and O–H groups in total. The highest BCUT2D eigenvalue weighted by atomic mass is 16.5. The van der Waals surface area contributed by atoms with Gasteiger partial charge in [0.2, 0.25) is 5.90 Å². The molecule has 0 heterocycles. The Balaban J connectivity index is 3.04. The fraction of sp³-hybridized carbons (Fsp3) is 0.417. The maximum Gasteiger partial charge on any atom is 0.215 e. The molecule has 0 aliphatic heterocycles. The van der Waals surface area contributed by atoms with Gasteiger partial charge in [-0.25, -0.2) is 0 Å². The van der Waals surface area contributed by atoms with Crippen molar-refractivity contribution in [2.24, 2.45) is 0 Å². The standard InChI is InChI=1S/C12H17NO4/c1-4-17-12(13)11(14)9-7-8(15-2)5-6-10(9)16-3/h5-7,11,13-14H,4H2,1-3H3/t11-/m0/s1. The normalized spacial score (nSPS) is 11.8. The van der Waals surface area contributed by atoms with Crippen LogP contribution in [0.2, 0.25) is 0 Å². The van der Waals surface area contributed by atoms with Gasteiger partial charge >= 0.3 is 0 Å². The van der Waals surface area contributed by atoms with Crippen LogP contribution in [0.5, 0.6) is 11.5 Å². The van der Waals surface area contributed by atoms with E-state index >= 15 is 0 Å². The molecular weight excluding hydrogens is 222 g/mol. The van der Waals surface area contributed by atoms with E-state index in [1.54, 1.807) is 25.1 Å². The van der Waals surface area contributed by atoms with Gasteiger partial charge in [0, 0.05) is 5.56 Å². The molecule has 0 aliphatic rings. The topological polar surface area (TPSA) is 71.8 Å². The Morgan fingerprint density at radius 1 is 1.35 bits per heavy atom. The van der Waals surface area contributed by atoms with E-state index < -0.39 is 6.10 Å². The van der Waals surface area contributed by atoms with Gasteiger partial charge in [-0.05, 0) is 25.1 Å². The summed E-state index contributed by atoms with van der Waals surface area (Å²) >= 11 is 0. The summed E-state index contributed by atoms with van der Waals surface area (Å²) in [4.78, 5) is 0. The first-order valence-corrected chi connectivity index (χ1v) is 5.25. The Kier molecular flexibility index (Phi) is 4.78. The number of nitrogens with one attached hydrogen (secondary N) is 1. The monoisotopic (exact) mass is 239 g/mol. The van der Waals surface area contributed by atoms with Crippen molar-refractivity contribution < 1.29 is 19.3 Å². The summed E-state index contributed by atoms with van der Waals surface area (Å²) in [6, 6.07) is 5.02. The number of aliphatic hydroxyl groups is 1. The van der Waals surface area contributed by atoms with Gasteiger partial charge in [0.05, 0.1) is 20.8 Å². The van der Waals surface area contributed by atoms with Crippen LogP contribution in [0.25, 0.3) is 0 Å². The first kappa shape index (κ1) is 13.3. The Labute approximate surface area is 100 Å². The minimum atomic E-state index is -1.15. The van der Waals surface area contributed by atoms with E-state index in [1.165, 1.54) is 14.2 Å². The van der Waals surface area contributed by atoms with Gasteiger partial charge in [-0.3, -0.25) is 5.41 Å². The zero-order chi connectivity index (χ0) is 12.8. The molecule has 0 bridgehead atoms. The van der Waals surface area contributed by atoms with Crippen LogP contribution in [0.15, 0.2) is 18.2 Å². The number of hydrogen-bond donors (Lipinski definition) is 2. The Morgan fingerprint density at radius 3 is 2.59 bits per heavy atom. The SMILES string of the molecule is CCOC(=N)[C@@H](O)c1cc(OC)ccc1OC. The lowest BCUT2D eigenvalue weighted by Crippen LogP contribution is -2.15. The fourth-order valence-corrected chi connectivity index (χ4v) is 1.43. The molecule has 0 spiro atoms. The molecule has 1 aromatic rings. The van der Waals surface area contributed by atoms with Crippen molar-refractivity contribution in [1.29, 1.82) is 5.41 Å². The van der Waals surface area contributed by atoms with Crippen LogP contribution in [0.4, 0.5) is 0 Å². The highest BCUT2D eigenvalue weighted by Crippen LogP contribution is 2.30. The molecular formula is C12H17NO4. The molecule has 1 atom stereocenters. The van der Waals surface area contributed by atoms with Gasteiger partial charge in [-0.1, -0.05) is 0 Å². The summed E-state index contributed by atoms with van der Waals surface area (Å²) in [5.41, 5.74) is 0.449. The minimum absolute atomic E-state index is 0.209. The number of benzene rings is 1. The van der Waals surface area contributed by atoms with Crippen molar-refractivity contribution in [1.82, 2.24) is 0 Å². The third-order valence-electron chi connectivity index (χ3n) is 2.28. The number of methoxy groups -OCH3 is 2. The lowest BCUT2D eigenvalue weighted by atomic mass is 10.1. The Bertz CT molecular complexity index is 392. The Hall–Kier alpha value is -1.75. The van der Waals surface area contributed by atoms with Crippen LogP contribution in [-0.2, 0) is 4.74 Å². The average Bonchev–Trinajstić information content (AvgIpc) is 2.37. The maximum atomic E-state index is 9.97. The van der Waals surface area contributed by atoms with Crippen molar-refractivity contribution in [3.05, 3.63) is 23.8 Å². The molecule has 17 heavy (non-hydrogen) atoms. The van der Waals surface area contributed by atoms with Gasteiger partial charge in [0.1, 0.15) is 11.5 Å². The summed E-state index contributed by atoms with van der Waals surface area (Å²) < 4.78 is 15.2. The molecule has 0 aromatic heterocycles. The molecule has 5 nitrogen and oxygen atoms in total. The van der Waals surface area contributed by atoms with Gasteiger partial charge < -0.3 is 19.3 Å². The quantitative estimate of drug-likeness (QED) is 0.606. The van der Waals surface area contributed by atoms with Gasteiger partial charge in [-0.2, -0.15) is 0 Å². The molecule has 5 heteroatoms. The zero-order valence-electron chi connectivity index (χ0n) is 10.2. The largest absolute Gasteiger partial charge is 0.497 e. The van der Waals surface area contributed by atoms with Gasteiger partial charge in [0.15, 0.2) is 6.10 Å². The summed E-state index contributed by atoms with van der Waals surface area (Å²) in [5, 5.41) is 17.5. The van der Waals surface area contributed by atoms with Crippen LogP contribution in [0, 0.1) is 5.41 Å². The second kappa shape index (κ2) is 6.10. The van der Waals surface area contributed by atoms with E-state index in [4.69, 9.17) is 19.6 Å². The first-order chi connectivity index (χ1) is 8.13. The Morgan fingerprint density at radius 2 is 2.06 bits per heavy atom. The third kappa shape index (κ3) is 3.10. The lowest BCUT2D eigenvalue weighted by Gasteiger charge is -2.16. The van der Waals surface area contributed by atoms with Crippen molar-refractivity contribution in [3.8, 4) is 11.5 Å². The molecule has 0 aliphatic carbocycles. The second-order valence-corrected chi connectivity index (χ2v) is 3.31.